The summed E-state index contributed by atoms with van der Waals surface area (Å²) < 4.78 is 8.83. The van der Waals surface area contributed by atoms with Gasteiger partial charge in [-0.25, -0.2) is 4.98 Å². The van der Waals surface area contributed by atoms with E-state index in [4.69, 9.17) is 4.52 Å². The number of hydrogen-bond acceptors (Lipinski definition) is 5. The largest absolute Gasteiger partial charge is 0.332 e. The molecule has 0 N–H and O–H groups in total. The van der Waals surface area contributed by atoms with Gasteiger partial charge >= 0.3 is 0 Å². The number of imidazole rings is 1. The molecule has 0 fully saturated rings. The van der Waals surface area contributed by atoms with Gasteiger partial charge in [0.05, 0.1) is 6.20 Å². The molecule has 0 aliphatic rings. The molecule has 0 saturated heterocycles. The molecule has 3 heterocycles. The Bertz CT molecular complexity index is 692. The summed E-state index contributed by atoms with van der Waals surface area (Å²) in [5, 5.41) is 8.15. The molecule has 92 valence electrons. The molecule has 3 aromatic rings. The maximum atomic E-state index is 5.24. The Morgan fingerprint density at radius 3 is 2.72 bits per heavy atom. The number of hydrogen-bond donors (Lipinski definition) is 0. The van der Waals surface area contributed by atoms with Crippen molar-refractivity contribution in [3.8, 4) is 23.1 Å². The minimum absolute atomic E-state index is 0.443. The first kappa shape index (κ1) is 10.7. The summed E-state index contributed by atoms with van der Waals surface area (Å²) in [5.41, 5.74) is 1.48. The van der Waals surface area contributed by atoms with Crippen molar-refractivity contribution in [2.45, 2.75) is 6.92 Å². The van der Waals surface area contributed by atoms with Gasteiger partial charge in [-0.2, -0.15) is 10.1 Å². The lowest BCUT2D eigenvalue weighted by molar-refractivity contribution is 0.429. The van der Waals surface area contributed by atoms with Crippen LogP contribution in [0, 0.1) is 6.92 Å². The van der Waals surface area contributed by atoms with E-state index < -0.39 is 0 Å². The number of nitrogens with zero attached hydrogens (tertiary/aromatic N) is 6. The highest BCUT2D eigenvalue weighted by Crippen LogP contribution is 2.21. The first-order valence-electron chi connectivity index (χ1n) is 5.47. The number of rotatable bonds is 2. The molecule has 3 rings (SSSR count). The second kappa shape index (κ2) is 3.80. The van der Waals surface area contributed by atoms with Gasteiger partial charge in [-0.05, 0) is 13.0 Å². The lowest BCUT2D eigenvalue weighted by Gasteiger charge is -1.96. The van der Waals surface area contributed by atoms with Crippen molar-refractivity contribution in [3.05, 3.63) is 24.3 Å². The van der Waals surface area contributed by atoms with Crippen molar-refractivity contribution < 1.29 is 4.52 Å². The molecule has 0 atom stereocenters. The maximum Gasteiger partial charge on any atom is 0.276 e. The van der Waals surface area contributed by atoms with Gasteiger partial charge in [0, 0.05) is 20.3 Å². The smallest absolute Gasteiger partial charge is 0.276 e. The first-order valence-corrected chi connectivity index (χ1v) is 5.47. The van der Waals surface area contributed by atoms with Crippen molar-refractivity contribution in [1.29, 1.82) is 0 Å². The van der Waals surface area contributed by atoms with E-state index in [2.05, 4.69) is 20.2 Å². The Hall–Kier alpha value is -2.44. The van der Waals surface area contributed by atoms with Crippen LogP contribution in [-0.4, -0.2) is 29.5 Å². The quantitative estimate of drug-likeness (QED) is 0.676. The summed E-state index contributed by atoms with van der Waals surface area (Å²) in [6, 6.07) is 1.84. The van der Waals surface area contributed by atoms with Crippen molar-refractivity contribution in [2.24, 2.45) is 14.1 Å². The fourth-order valence-corrected chi connectivity index (χ4v) is 1.67. The topological polar surface area (TPSA) is 74.6 Å². The Morgan fingerprint density at radius 1 is 1.28 bits per heavy atom. The van der Waals surface area contributed by atoms with E-state index in [-0.39, 0.29) is 0 Å². The molecule has 0 radical (unpaired) electrons. The van der Waals surface area contributed by atoms with Gasteiger partial charge in [0.2, 0.25) is 5.82 Å². The second-order valence-corrected chi connectivity index (χ2v) is 4.05. The fourth-order valence-electron chi connectivity index (χ4n) is 1.67. The van der Waals surface area contributed by atoms with E-state index in [0.717, 1.165) is 11.5 Å². The third kappa shape index (κ3) is 1.60. The Morgan fingerprint density at radius 2 is 2.11 bits per heavy atom. The zero-order chi connectivity index (χ0) is 12.7. The van der Waals surface area contributed by atoms with Crippen molar-refractivity contribution in [1.82, 2.24) is 29.5 Å². The monoisotopic (exact) mass is 244 g/mol. The molecule has 0 aliphatic carbocycles. The van der Waals surface area contributed by atoms with Gasteiger partial charge in [0.15, 0.2) is 0 Å². The zero-order valence-corrected chi connectivity index (χ0v) is 10.3. The molecule has 0 aliphatic heterocycles. The van der Waals surface area contributed by atoms with Crippen LogP contribution in [0.25, 0.3) is 23.1 Å². The first-order chi connectivity index (χ1) is 8.65. The highest BCUT2D eigenvalue weighted by atomic mass is 16.5. The summed E-state index contributed by atoms with van der Waals surface area (Å²) >= 11 is 0. The van der Waals surface area contributed by atoms with Crippen molar-refractivity contribution >= 4 is 0 Å². The molecule has 7 nitrogen and oxygen atoms in total. The van der Waals surface area contributed by atoms with Crippen molar-refractivity contribution in [3.63, 3.8) is 0 Å². The lowest BCUT2D eigenvalue weighted by atomic mass is 10.4. The highest BCUT2D eigenvalue weighted by Gasteiger charge is 2.15. The van der Waals surface area contributed by atoms with Crippen LogP contribution in [0.3, 0.4) is 0 Å². The molecule has 7 heteroatoms. The molecule has 0 saturated carbocycles. The number of aryl methyl sites for hydroxylation is 2. The Balaban J connectivity index is 2.01. The van der Waals surface area contributed by atoms with E-state index in [0.29, 0.717) is 17.4 Å². The molecule has 0 unspecified atom stereocenters. The molecule has 0 spiro atoms. The molecule has 0 aromatic carbocycles. The predicted molar refractivity (Wildman–Crippen MR) is 63.4 cm³/mol. The third-order valence-corrected chi connectivity index (χ3v) is 2.81. The lowest BCUT2D eigenvalue weighted by Crippen LogP contribution is -1.94. The van der Waals surface area contributed by atoms with Crippen LogP contribution in [0.5, 0.6) is 0 Å². The van der Waals surface area contributed by atoms with Gasteiger partial charge in [-0.3, -0.25) is 4.68 Å². The average Bonchev–Trinajstić information content (AvgIpc) is 3.02. The molecular formula is C11H12N6O. The van der Waals surface area contributed by atoms with Crippen LogP contribution in [0.15, 0.2) is 23.0 Å². The minimum atomic E-state index is 0.443. The van der Waals surface area contributed by atoms with Gasteiger partial charge in [0.1, 0.15) is 17.2 Å². The maximum absolute atomic E-state index is 5.24. The summed E-state index contributed by atoms with van der Waals surface area (Å²) in [4.78, 5) is 8.52. The zero-order valence-electron chi connectivity index (χ0n) is 10.3. The third-order valence-electron chi connectivity index (χ3n) is 2.81. The summed E-state index contributed by atoms with van der Waals surface area (Å²) in [6.45, 7) is 1.92. The molecular weight excluding hydrogens is 232 g/mol. The van der Waals surface area contributed by atoms with Crippen LogP contribution in [0.1, 0.15) is 5.82 Å². The van der Waals surface area contributed by atoms with Gasteiger partial charge < -0.3 is 9.09 Å². The van der Waals surface area contributed by atoms with Gasteiger partial charge in [0.25, 0.3) is 5.89 Å². The molecule has 0 amide bonds. The van der Waals surface area contributed by atoms with Crippen LogP contribution >= 0.6 is 0 Å². The van der Waals surface area contributed by atoms with Crippen LogP contribution in [-0.2, 0) is 14.1 Å². The molecule has 0 bridgehead atoms. The predicted octanol–water partition coefficient (Wildman–Crippen LogP) is 1.18. The minimum Gasteiger partial charge on any atom is -0.332 e. The van der Waals surface area contributed by atoms with E-state index in [1.165, 1.54) is 0 Å². The SMILES string of the molecule is Cc1ncc(-c2nc(-c3ccn(C)n3)no2)n1C. The van der Waals surface area contributed by atoms with E-state index in [9.17, 15) is 0 Å². The second-order valence-electron chi connectivity index (χ2n) is 4.05. The van der Waals surface area contributed by atoms with Crippen LogP contribution in [0.4, 0.5) is 0 Å². The van der Waals surface area contributed by atoms with Gasteiger partial charge in [-0.15, -0.1) is 0 Å². The van der Waals surface area contributed by atoms with E-state index in [1.54, 1.807) is 10.9 Å². The van der Waals surface area contributed by atoms with E-state index in [1.807, 2.05) is 37.8 Å². The fraction of sp³-hybridized carbons (Fsp3) is 0.273. The Labute approximate surface area is 103 Å². The summed E-state index contributed by atoms with van der Waals surface area (Å²) in [5.74, 6) is 1.81. The van der Waals surface area contributed by atoms with Crippen LogP contribution < -0.4 is 0 Å². The van der Waals surface area contributed by atoms with Crippen molar-refractivity contribution in [2.75, 3.05) is 0 Å². The van der Waals surface area contributed by atoms with Crippen LogP contribution in [0.2, 0.25) is 0 Å². The highest BCUT2D eigenvalue weighted by molar-refractivity contribution is 5.53. The van der Waals surface area contributed by atoms with E-state index >= 15 is 0 Å². The number of aromatic nitrogens is 6. The standard InChI is InChI=1S/C11H12N6O/c1-7-12-6-9(17(7)3)11-13-10(15-18-11)8-4-5-16(2)14-8/h4-6H,1-3H3. The summed E-state index contributed by atoms with van der Waals surface area (Å²) in [7, 11) is 3.75. The molecule has 3 aromatic heterocycles. The summed E-state index contributed by atoms with van der Waals surface area (Å²) in [6.07, 6.45) is 3.55. The average molecular weight is 244 g/mol. The normalized spacial score (nSPS) is 11.1. The molecule has 18 heavy (non-hydrogen) atoms. The van der Waals surface area contributed by atoms with Gasteiger partial charge in [-0.1, -0.05) is 5.16 Å². The Kier molecular flexibility index (Phi) is 2.26.